The van der Waals surface area contributed by atoms with Crippen molar-refractivity contribution in [2.24, 2.45) is 0 Å². The fourth-order valence-electron chi connectivity index (χ4n) is 2.22. The van der Waals surface area contributed by atoms with Crippen LogP contribution >= 0.6 is 23.1 Å². The molecule has 2 unspecified atom stereocenters. The molecule has 3 rings (SSSR count). The molecule has 0 spiro atoms. The standard InChI is InChI=1S/C13H16N2OS2/c1-7-11(3-4-16-7)18-12-6-10-13(5-9(12)14)17-8(2)15-10/h5-7,11H,3-4,14H2,1-2H3. The van der Waals surface area contributed by atoms with Crippen molar-refractivity contribution in [2.45, 2.75) is 36.5 Å². The number of ether oxygens (including phenoxy) is 1. The van der Waals surface area contributed by atoms with Crippen LogP contribution in [0.1, 0.15) is 18.4 Å². The molecule has 1 saturated heterocycles. The van der Waals surface area contributed by atoms with Gasteiger partial charge in [-0.2, -0.15) is 0 Å². The molecular formula is C13H16N2OS2. The van der Waals surface area contributed by atoms with Gasteiger partial charge in [0, 0.05) is 22.4 Å². The molecular weight excluding hydrogens is 264 g/mol. The Hall–Kier alpha value is -0.780. The van der Waals surface area contributed by atoms with Crippen molar-refractivity contribution in [3.05, 3.63) is 17.1 Å². The average Bonchev–Trinajstić information content (AvgIpc) is 2.85. The third-order valence-corrected chi connectivity index (χ3v) is 5.67. The van der Waals surface area contributed by atoms with E-state index in [2.05, 4.69) is 18.0 Å². The topological polar surface area (TPSA) is 48.1 Å². The molecule has 5 heteroatoms. The molecule has 3 nitrogen and oxygen atoms in total. The van der Waals surface area contributed by atoms with Gasteiger partial charge in [0.05, 0.1) is 21.3 Å². The van der Waals surface area contributed by atoms with Gasteiger partial charge in [0.2, 0.25) is 0 Å². The third-order valence-electron chi connectivity index (χ3n) is 3.21. The number of fused-ring (bicyclic) bond motifs is 1. The number of hydrogen-bond acceptors (Lipinski definition) is 5. The largest absolute Gasteiger partial charge is 0.398 e. The van der Waals surface area contributed by atoms with Crippen molar-refractivity contribution in [3.8, 4) is 0 Å². The van der Waals surface area contributed by atoms with Gasteiger partial charge in [-0.15, -0.1) is 23.1 Å². The number of nitrogens with two attached hydrogens (primary N) is 1. The highest BCUT2D eigenvalue weighted by Crippen LogP contribution is 2.38. The lowest BCUT2D eigenvalue weighted by atomic mass is 10.2. The molecule has 0 aliphatic carbocycles. The first-order valence-corrected chi connectivity index (χ1v) is 7.78. The smallest absolute Gasteiger partial charge is 0.0907 e. The maximum Gasteiger partial charge on any atom is 0.0907 e. The number of thioether (sulfide) groups is 1. The van der Waals surface area contributed by atoms with Crippen molar-refractivity contribution in [1.29, 1.82) is 0 Å². The first-order chi connectivity index (χ1) is 8.63. The molecule has 1 aromatic carbocycles. The molecule has 0 bridgehead atoms. The zero-order valence-electron chi connectivity index (χ0n) is 10.5. The second kappa shape index (κ2) is 4.72. The van der Waals surface area contributed by atoms with Crippen LogP contribution in [0.5, 0.6) is 0 Å². The first kappa shape index (κ1) is 12.3. The van der Waals surface area contributed by atoms with Crippen molar-refractivity contribution < 1.29 is 4.74 Å². The Bertz CT molecular complexity index is 582. The van der Waals surface area contributed by atoms with Gasteiger partial charge < -0.3 is 10.5 Å². The van der Waals surface area contributed by atoms with E-state index >= 15 is 0 Å². The number of rotatable bonds is 2. The Morgan fingerprint density at radius 2 is 2.33 bits per heavy atom. The van der Waals surface area contributed by atoms with Crippen molar-refractivity contribution in [1.82, 2.24) is 4.98 Å². The molecule has 0 radical (unpaired) electrons. The highest BCUT2D eigenvalue weighted by Gasteiger charge is 2.26. The lowest BCUT2D eigenvalue weighted by molar-refractivity contribution is 0.127. The van der Waals surface area contributed by atoms with E-state index in [1.54, 1.807) is 11.3 Å². The second-order valence-electron chi connectivity index (χ2n) is 4.61. The van der Waals surface area contributed by atoms with Crippen LogP contribution in [0.15, 0.2) is 17.0 Å². The van der Waals surface area contributed by atoms with Crippen LogP contribution in [-0.4, -0.2) is 22.9 Å². The molecule has 2 N–H and O–H groups in total. The average molecular weight is 280 g/mol. The molecule has 1 aromatic heterocycles. The monoisotopic (exact) mass is 280 g/mol. The summed E-state index contributed by atoms with van der Waals surface area (Å²) >= 11 is 3.52. The Morgan fingerprint density at radius 3 is 3.06 bits per heavy atom. The summed E-state index contributed by atoms with van der Waals surface area (Å²) < 4.78 is 6.77. The molecule has 0 amide bonds. The van der Waals surface area contributed by atoms with E-state index in [4.69, 9.17) is 10.5 Å². The van der Waals surface area contributed by atoms with E-state index in [1.165, 1.54) is 4.70 Å². The minimum absolute atomic E-state index is 0.308. The molecule has 2 heterocycles. The summed E-state index contributed by atoms with van der Waals surface area (Å²) in [6, 6.07) is 4.16. The lowest BCUT2D eigenvalue weighted by Gasteiger charge is -2.14. The number of nitrogens with zero attached hydrogens (tertiary/aromatic N) is 1. The maximum absolute atomic E-state index is 6.14. The van der Waals surface area contributed by atoms with Gasteiger partial charge in [-0.05, 0) is 32.4 Å². The van der Waals surface area contributed by atoms with Gasteiger partial charge in [0.15, 0.2) is 0 Å². The fraction of sp³-hybridized carbons (Fsp3) is 0.462. The first-order valence-electron chi connectivity index (χ1n) is 6.08. The number of hydrogen-bond donors (Lipinski definition) is 1. The third kappa shape index (κ3) is 2.22. The van der Waals surface area contributed by atoms with E-state index in [0.717, 1.165) is 34.1 Å². The van der Waals surface area contributed by atoms with Crippen molar-refractivity contribution in [2.75, 3.05) is 12.3 Å². The molecule has 18 heavy (non-hydrogen) atoms. The van der Waals surface area contributed by atoms with Gasteiger partial charge in [0.1, 0.15) is 0 Å². The second-order valence-corrected chi connectivity index (χ2v) is 7.13. The van der Waals surface area contributed by atoms with Gasteiger partial charge in [-0.25, -0.2) is 4.98 Å². The summed E-state index contributed by atoms with van der Waals surface area (Å²) in [6.07, 6.45) is 1.40. The van der Waals surface area contributed by atoms with E-state index < -0.39 is 0 Å². The van der Waals surface area contributed by atoms with Gasteiger partial charge >= 0.3 is 0 Å². The number of nitrogen functional groups attached to an aromatic ring is 1. The Morgan fingerprint density at radius 1 is 1.50 bits per heavy atom. The van der Waals surface area contributed by atoms with E-state index in [9.17, 15) is 0 Å². The van der Waals surface area contributed by atoms with Crippen LogP contribution < -0.4 is 5.73 Å². The zero-order valence-corrected chi connectivity index (χ0v) is 12.1. The van der Waals surface area contributed by atoms with Crippen LogP contribution in [-0.2, 0) is 4.74 Å². The lowest BCUT2D eigenvalue weighted by Crippen LogP contribution is -2.13. The quantitative estimate of drug-likeness (QED) is 0.856. The summed E-state index contributed by atoms with van der Waals surface area (Å²) in [7, 11) is 0. The van der Waals surface area contributed by atoms with Crippen LogP contribution in [0.25, 0.3) is 10.2 Å². The molecule has 2 aromatic rings. The predicted octanol–water partition coefficient (Wildman–Crippen LogP) is 3.46. The molecule has 2 atom stereocenters. The summed E-state index contributed by atoms with van der Waals surface area (Å²) in [5, 5.41) is 1.59. The Labute approximate surface area is 115 Å². The zero-order chi connectivity index (χ0) is 12.7. The van der Waals surface area contributed by atoms with Crippen LogP contribution in [0.3, 0.4) is 0 Å². The summed E-state index contributed by atoms with van der Waals surface area (Å²) in [5.41, 5.74) is 8.05. The van der Waals surface area contributed by atoms with Gasteiger partial charge in [0.25, 0.3) is 0 Å². The minimum atomic E-state index is 0.308. The number of aryl methyl sites for hydroxylation is 1. The molecule has 96 valence electrons. The molecule has 1 aliphatic heterocycles. The minimum Gasteiger partial charge on any atom is -0.398 e. The SMILES string of the molecule is Cc1nc2cc(SC3CCOC3C)c(N)cc2s1. The Balaban J connectivity index is 1.93. The highest BCUT2D eigenvalue weighted by molar-refractivity contribution is 8.00. The van der Waals surface area contributed by atoms with Crippen molar-refractivity contribution in [3.63, 3.8) is 0 Å². The van der Waals surface area contributed by atoms with Crippen LogP contribution in [0, 0.1) is 6.92 Å². The van der Waals surface area contributed by atoms with E-state index in [0.29, 0.717) is 11.4 Å². The summed E-state index contributed by atoms with van der Waals surface area (Å²) in [6.45, 7) is 5.02. The van der Waals surface area contributed by atoms with Crippen LogP contribution in [0.2, 0.25) is 0 Å². The van der Waals surface area contributed by atoms with E-state index in [-0.39, 0.29) is 0 Å². The van der Waals surface area contributed by atoms with Crippen molar-refractivity contribution >= 4 is 39.0 Å². The summed E-state index contributed by atoms with van der Waals surface area (Å²) in [4.78, 5) is 5.66. The number of anilines is 1. The molecule has 1 aliphatic rings. The van der Waals surface area contributed by atoms with Gasteiger partial charge in [-0.3, -0.25) is 0 Å². The highest BCUT2D eigenvalue weighted by atomic mass is 32.2. The Kier molecular flexibility index (Phi) is 3.21. The molecule has 0 saturated carbocycles. The predicted molar refractivity (Wildman–Crippen MR) is 78.4 cm³/mol. The number of thiazole rings is 1. The number of aromatic nitrogens is 1. The van der Waals surface area contributed by atoms with Gasteiger partial charge in [-0.1, -0.05) is 0 Å². The maximum atomic E-state index is 6.14. The number of benzene rings is 1. The van der Waals surface area contributed by atoms with E-state index in [1.807, 2.05) is 24.8 Å². The fourth-order valence-corrected chi connectivity index (χ4v) is 4.26. The van der Waals surface area contributed by atoms with Crippen LogP contribution in [0.4, 0.5) is 5.69 Å². The summed E-state index contributed by atoms with van der Waals surface area (Å²) in [5.74, 6) is 0. The normalized spacial score (nSPS) is 23.9. The molecule has 1 fully saturated rings.